The molecule has 0 aliphatic carbocycles. The van der Waals surface area contributed by atoms with E-state index in [1.807, 2.05) is 42.5 Å². The Bertz CT molecular complexity index is 736. The Morgan fingerprint density at radius 2 is 2.00 bits per heavy atom. The smallest absolute Gasteiger partial charge is 0.241 e. The molecule has 0 saturated carbocycles. The van der Waals surface area contributed by atoms with Gasteiger partial charge in [0.25, 0.3) is 0 Å². The summed E-state index contributed by atoms with van der Waals surface area (Å²) in [6.07, 6.45) is 5.39. The number of carbonyl (C=O) groups is 1. The number of hydrogen-bond donors (Lipinski definition) is 1. The van der Waals surface area contributed by atoms with Crippen LogP contribution in [-0.2, 0) is 17.8 Å². The molecule has 2 aromatic rings. The SMILES string of the molecule is C=CCc1cc(/C=C/C(N)=O)cc(OC)c1OCc1ccccc1. The minimum atomic E-state index is -0.497. The van der Waals surface area contributed by atoms with Crippen molar-refractivity contribution in [1.29, 1.82) is 0 Å². The lowest BCUT2D eigenvalue weighted by molar-refractivity contribution is -0.113. The predicted octanol–water partition coefficient (Wildman–Crippen LogP) is 3.50. The van der Waals surface area contributed by atoms with E-state index in [9.17, 15) is 4.79 Å². The van der Waals surface area contributed by atoms with E-state index in [0.717, 1.165) is 16.7 Å². The standard InChI is InChI=1S/C20H21NO3/c1-3-7-17-12-16(10-11-19(21)22)13-18(23-2)20(17)24-14-15-8-5-4-6-9-15/h3-6,8-13H,1,7,14H2,2H3,(H2,21,22)/b11-10+. The molecule has 0 atom stereocenters. The summed E-state index contributed by atoms with van der Waals surface area (Å²) in [4.78, 5) is 10.9. The zero-order valence-corrected chi connectivity index (χ0v) is 13.7. The molecule has 0 aromatic heterocycles. The minimum absolute atomic E-state index is 0.442. The van der Waals surface area contributed by atoms with Gasteiger partial charge in [-0.25, -0.2) is 0 Å². The Kier molecular flexibility index (Phi) is 6.20. The van der Waals surface area contributed by atoms with Crippen LogP contribution < -0.4 is 15.2 Å². The number of methoxy groups -OCH3 is 1. The highest BCUT2D eigenvalue weighted by molar-refractivity contribution is 5.90. The molecule has 0 saturated heterocycles. The van der Waals surface area contributed by atoms with Gasteiger partial charge in [0, 0.05) is 11.6 Å². The number of hydrogen-bond acceptors (Lipinski definition) is 3. The maximum atomic E-state index is 10.9. The molecule has 0 fully saturated rings. The molecule has 124 valence electrons. The van der Waals surface area contributed by atoms with Gasteiger partial charge in [0.1, 0.15) is 6.61 Å². The second-order valence-corrected chi connectivity index (χ2v) is 5.21. The molecule has 4 nitrogen and oxygen atoms in total. The molecule has 2 rings (SSSR count). The van der Waals surface area contributed by atoms with E-state index in [1.165, 1.54) is 6.08 Å². The van der Waals surface area contributed by atoms with Crippen LogP contribution in [0, 0.1) is 0 Å². The molecule has 0 radical (unpaired) electrons. The highest BCUT2D eigenvalue weighted by atomic mass is 16.5. The fourth-order valence-corrected chi connectivity index (χ4v) is 2.31. The molecule has 0 spiro atoms. The third-order valence-corrected chi connectivity index (χ3v) is 3.40. The van der Waals surface area contributed by atoms with Gasteiger partial charge in [0.05, 0.1) is 7.11 Å². The molecule has 24 heavy (non-hydrogen) atoms. The number of ether oxygens (including phenoxy) is 2. The van der Waals surface area contributed by atoms with Gasteiger partial charge in [0.2, 0.25) is 5.91 Å². The fraction of sp³-hybridized carbons (Fsp3) is 0.150. The molecule has 0 aliphatic heterocycles. The van der Waals surface area contributed by atoms with Gasteiger partial charge >= 0.3 is 0 Å². The van der Waals surface area contributed by atoms with E-state index in [-0.39, 0.29) is 0 Å². The Balaban J connectivity index is 2.33. The molecule has 0 unspecified atom stereocenters. The topological polar surface area (TPSA) is 61.6 Å². The normalized spacial score (nSPS) is 10.5. The van der Waals surface area contributed by atoms with Gasteiger partial charge in [0.15, 0.2) is 11.5 Å². The second-order valence-electron chi connectivity index (χ2n) is 5.21. The number of carbonyl (C=O) groups excluding carboxylic acids is 1. The molecule has 2 N–H and O–H groups in total. The first-order chi connectivity index (χ1) is 11.6. The Labute approximate surface area is 142 Å². The van der Waals surface area contributed by atoms with E-state index in [2.05, 4.69) is 6.58 Å². The average molecular weight is 323 g/mol. The van der Waals surface area contributed by atoms with Gasteiger partial charge in [-0.05, 0) is 35.8 Å². The Morgan fingerprint density at radius 3 is 2.62 bits per heavy atom. The van der Waals surface area contributed by atoms with E-state index in [4.69, 9.17) is 15.2 Å². The van der Waals surface area contributed by atoms with Crippen LogP contribution >= 0.6 is 0 Å². The van der Waals surface area contributed by atoms with Crippen molar-refractivity contribution < 1.29 is 14.3 Å². The molecule has 0 heterocycles. The van der Waals surface area contributed by atoms with E-state index in [1.54, 1.807) is 19.3 Å². The molecule has 0 bridgehead atoms. The number of allylic oxidation sites excluding steroid dienone is 1. The number of amides is 1. The van der Waals surface area contributed by atoms with Crippen molar-refractivity contribution in [1.82, 2.24) is 0 Å². The highest BCUT2D eigenvalue weighted by Crippen LogP contribution is 2.34. The Hall–Kier alpha value is -3.01. The first kappa shape index (κ1) is 17.3. The van der Waals surface area contributed by atoms with Crippen molar-refractivity contribution in [3.8, 4) is 11.5 Å². The number of primary amides is 1. The van der Waals surface area contributed by atoms with Crippen LogP contribution in [-0.4, -0.2) is 13.0 Å². The lowest BCUT2D eigenvalue weighted by atomic mass is 10.0. The summed E-state index contributed by atoms with van der Waals surface area (Å²) in [7, 11) is 1.59. The molecule has 1 amide bonds. The first-order valence-corrected chi connectivity index (χ1v) is 7.60. The first-order valence-electron chi connectivity index (χ1n) is 7.60. The third kappa shape index (κ3) is 4.74. The lowest BCUT2D eigenvalue weighted by Crippen LogP contribution is -2.05. The van der Waals surface area contributed by atoms with Gasteiger partial charge in [-0.3, -0.25) is 4.79 Å². The number of nitrogens with two attached hydrogens (primary N) is 1. The van der Waals surface area contributed by atoms with Gasteiger partial charge in [-0.2, -0.15) is 0 Å². The Morgan fingerprint density at radius 1 is 1.25 bits per heavy atom. The van der Waals surface area contributed by atoms with Crippen LogP contribution in [0.25, 0.3) is 6.08 Å². The zero-order chi connectivity index (χ0) is 17.4. The average Bonchev–Trinajstić information content (AvgIpc) is 2.59. The van der Waals surface area contributed by atoms with Crippen LogP contribution in [0.1, 0.15) is 16.7 Å². The summed E-state index contributed by atoms with van der Waals surface area (Å²) in [5.41, 5.74) is 7.97. The van der Waals surface area contributed by atoms with Crippen molar-refractivity contribution in [3.05, 3.63) is 77.9 Å². The van der Waals surface area contributed by atoms with E-state index < -0.39 is 5.91 Å². The van der Waals surface area contributed by atoms with Gasteiger partial charge in [-0.1, -0.05) is 36.4 Å². The summed E-state index contributed by atoms with van der Waals surface area (Å²) >= 11 is 0. The van der Waals surface area contributed by atoms with Gasteiger partial charge in [-0.15, -0.1) is 6.58 Å². The molecule has 0 aliphatic rings. The monoisotopic (exact) mass is 323 g/mol. The van der Waals surface area contributed by atoms with Crippen molar-refractivity contribution in [2.24, 2.45) is 5.73 Å². The number of rotatable bonds is 8. The summed E-state index contributed by atoms with van der Waals surface area (Å²) in [5, 5.41) is 0. The summed E-state index contributed by atoms with van der Waals surface area (Å²) in [6.45, 7) is 4.23. The third-order valence-electron chi connectivity index (χ3n) is 3.40. The van der Waals surface area contributed by atoms with Crippen molar-refractivity contribution in [3.63, 3.8) is 0 Å². The second kappa shape index (κ2) is 8.58. The fourth-order valence-electron chi connectivity index (χ4n) is 2.31. The van der Waals surface area contributed by atoms with E-state index in [0.29, 0.717) is 24.5 Å². The summed E-state index contributed by atoms with van der Waals surface area (Å²) in [6, 6.07) is 13.7. The summed E-state index contributed by atoms with van der Waals surface area (Å²) < 4.78 is 11.4. The zero-order valence-electron chi connectivity index (χ0n) is 13.7. The number of benzene rings is 2. The van der Waals surface area contributed by atoms with E-state index >= 15 is 0 Å². The lowest BCUT2D eigenvalue weighted by Gasteiger charge is -2.16. The van der Waals surface area contributed by atoms with Crippen LogP contribution in [0.3, 0.4) is 0 Å². The maximum Gasteiger partial charge on any atom is 0.241 e. The quantitative estimate of drug-likeness (QED) is 0.597. The largest absolute Gasteiger partial charge is 0.493 e. The van der Waals surface area contributed by atoms with Crippen molar-refractivity contribution in [2.75, 3.05) is 7.11 Å². The molecule has 2 aromatic carbocycles. The van der Waals surface area contributed by atoms with Crippen LogP contribution in [0.15, 0.2) is 61.2 Å². The highest BCUT2D eigenvalue weighted by Gasteiger charge is 2.12. The molecule has 4 heteroatoms. The van der Waals surface area contributed by atoms with Crippen molar-refractivity contribution >= 4 is 12.0 Å². The van der Waals surface area contributed by atoms with Crippen LogP contribution in [0.4, 0.5) is 0 Å². The predicted molar refractivity (Wildman–Crippen MR) is 95.9 cm³/mol. The van der Waals surface area contributed by atoms with Crippen molar-refractivity contribution in [2.45, 2.75) is 13.0 Å². The van der Waals surface area contributed by atoms with Crippen LogP contribution in [0.2, 0.25) is 0 Å². The van der Waals surface area contributed by atoms with Gasteiger partial charge < -0.3 is 15.2 Å². The maximum absolute atomic E-state index is 10.9. The molecular weight excluding hydrogens is 302 g/mol. The minimum Gasteiger partial charge on any atom is -0.493 e. The summed E-state index contributed by atoms with van der Waals surface area (Å²) in [5.74, 6) is 0.788. The molecular formula is C20H21NO3. The van der Waals surface area contributed by atoms with Crippen LogP contribution in [0.5, 0.6) is 11.5 Å².